The predicted molar refractivity (Wildman–Crippen MR) is 184 cm³/mol. The Morgan fingerprint density at radius 3 is 1.78 bits per heavy atom. The zero-order valence-electron chi connectivity index (χ0n) is 26.7. The molecule has 0 spiro atoms. The van der Waals surface area contributed by atoms with Crippen LogP contribution in [0.1, 0.15) is 28.1 Å². The molecule has 7 aromatic rings. The molecule has 6 heterocycles. The fourth-order valence-corrected chi connectivity index (χ4v) is 5.10. The lowest BCUT2D eigenvalue weighted by atomic mass is 10.2. The van der Waals surface area contributed by atoms with Gasteiger partial charge in [0.05, 0.1) is 33.5 Å². The van der Waals surface area contributed by atoms with Crippen LogP contribution in [0.5, 0.6) is 0 Å². The first kappa shape index (κ1) is 32.2. The largest absolute Gasteiger partial charge is 0.423 e. The highest BCUT2D eigenvalue weighted by Crippen LogP contribution is 2.24. The molecule has 0 aliphatic rings. The van der Waals surface area contributed by atoms with Crippen molar-refractivity contribution < 1.29 is 10.0 Å². The Morgan fingerprint density at radius 1 is 0.673 bits per heavy atom. The van der Waals surface area contributed by atoms with Crippen molar-refractivity contribution in [3.05, 3.63) is 153 Å². The number of aryl methyl sites for hydroxylation is 2. The summed E-state index contributed by atoms with van der Waals surface area (Å²) in [5.41, 5.74) is 5.42. The van der Waals surface area contributed by atoms with E-state index in [9.17, 15) is 14.8 Å². The van der Waals surface area contributed by atoms with Crippen molar-refractivity contribution in [2.75, 3.05) is 10.6 Å². The second-order valence-corrected chi connectivity index (χ2v) is 10.9. The van der Waals surface area contributed by atoms with Gasteiger partial charge in [0.1, 0.15) is 19.3 Å². The van der Waals surface area contributed by atoms with Crippen LogP contribution >= 0.6 is 0 Å². The van der Waals surface area contributed by atoms with E-state index in [2.05, 4.69) is 40.5 Å². The second-order valence-electron chi connectivity index (χ2n) is 10.9. The average molecular weight is 657 g/mol. The number of aromatic nitrogens is 8. The molecule has 1 aromatic carbocycles. The molecule has 0 saturated heterocycles. The molecule has 14 nitrogen and oxygen atoms in total. The zero-order chi connectivity index (χ0) is 34.2. The molecule has 0 unspecified atom stereocenters. The highest BCUT2D eigenvalue weighted by molar-refractivity contribution is 5.91. The minimum absolute atomic E-state index is 0.184. The molecule has 0 aliphatic heterocycles. The van der Waals surface area contributed by atoms with Crippen molar-refractivity contribution in [3.63, 3.8) is 0 Å². The summed E-state index contributed by atoms with van der Waals surface area (Å²) >= 11 is 0. The van der Waals surface area contributed by atoms with Crippen LogP contribution in [0.25, 0.3) is 22.1 Å². The number of rotatable bonds is 9. The van der Waals surface area contributed by atoms with Crippen LogP contribution in [0, 0.1) is 13.8 Å². The maximum absolute atomic E-state index is 12.7. The number of pyridine rings is 4. The number of hydrogen-bond acceptors (Lipinski definition) is 12. The smallest absolute Gasteiger partial charge is 0.287 e. The minimum atomic E-state index is -0.547. The molecule has 0 saturated carbocycles. The lowest BCUT2D eigenvalue weighted by Gasteiger charge is -2.15. The predicted octanol–water partition coefficient (Wildman–Crippen LogP) is 4.08. The van der Waals surface area contributed by atoms with Crippen LogP contribution in [-0.4, -0.2) is 44.6 Å². The third kappa shape index (κ3) is 7.49. The van der Waals surface area contributed by atoms with Crippen LogP contribution in [-0.2, 0) is 19.7 Å². The molecule has 0 atom stereocenters. The van der Waals surface area contributed by atoms with E-state index >= 15 is 0 Å². The van der Waals surface area contributed by atoms with Gasteiger partial charge < -0.3 is 20.7 Å². The average Bonchev–Trinajstić information content (AvgIpc) is 3.13. The van der Waals surface area contributed by atoms with Crippen molar-refractivity contribution in [1.29, 1.82) is 0 Å². The van der Waals surface area contributed by atoms with E-state index in [-0.39, 0.29) is 17.8 Å². The Hall–Kier alpha value is -6.70. The number of nitrogens with one attached hydrogen (secondary N) is 2. The lowest BCUT2D eigenvalue weighted by Crippen LogP contribution is -2.28. The Bertz CT molecular complexity index is 2320. The van der Waals surface area contributed by atoms with Crippen LogP contribution in [0.4, 0.5) is 11.4 Å². The first-order valence-corrected chi connectivity index (χ1v) is 15.3. The van der Waals surface area contributed by atoms with Crippen LogP contribution in [0.2, 0.25) is 0 Å². The number of benzene rings is 1. The monoisotopic (exact) mass is 656 g/mol. The summed E-state index contributed by atoms with van der Waals surface area (Å²) in [6, 6.07) is 20.1. The first-order valence-electron chi connectivity index (χ1n) is 15.3. The van der Waals surface area contributed by atoms with Gasteiger partial charge in [0.25, 0.3) is 11.1 Å². The van der Waals surface area contributed by atoms with Crippen molar-refractivity contribution in [2.24, 2.45) is 0 Å². The normalized spacial score (nSPS) is 10.7. The van der Waals surface area contributed by atoms with Gasteiger partial charge in [-0.2, -0.15) is 0 Å². The molecule has 14 heteroatoms. The van der Waals surface area contributed by atoms with E-state index in [0.717, 1.165) is 27.8 Å². The zero-order valence-corrected chi connectivity index (χ0v) is 26.7. The van der Waals surface area contributed by atoms with Gasteiger partial charge in [-0.1, -0.05) is 42.5 Å². The van der Waals surface area contributed by atoms with Crippen LogP contribution in [0.15, 0.2) is 114 Å². The highest BCUT2D eigenvalue weighted by atomic mass is 16.7. The first-order chi connectivity index (χ1) is 23.9. The molecule has 6 aromatic heterocycles. The SMILES string of the molecule is Cc1ncnc2c1c(NCc1cccnc1)cc(=O)n2O.Cc1ncnc2c1c(NCc1cccnc1)cc(=O)n2OCc1ccccc1. The van der Waals surface area contributed by atoms with Gasteiger partial charge in [-0.25, -0.2) is 19.9 Å². The summed E-state index contributed by atoms with van der Waals surface area (Å²) in [6.07, 6.45) is 9.69. The van der Waals surface area contributed by atoms with E-state index in [4.69, 9.17) is 4.84 Å². The molecule has 0 aliphatic carbocycles. The molecule has 49 heavy (non-hydrogen) atoms. The summed E-state index contributed by atoms with van der Waals surface area (Å²) in [6.45, 7) is 4.98. The second kappa shape index (κ2) is 14.8. The lowest BCUT2D eigenvalue weighted by molar-refractivity contribution is 0.0979. The third-order valence-corrected chi connectivity index (χ3v) is 7.52. The van der Waals surface area contributed by atoms with Gasteiger partial charge in [-0.3, -0.25) is 19.6 Å². The van der Waals surface area contributed by atoms with Crippen molar-refractivity contribution in [2.45, 2.75) is 33.5 Å². The molecule has 0 radical (unpaired) electrons. The van der Waals surface area contributed by atoms with Gasteiger partial charge >= 0.3 is 0 Å². The summed E-state index contributed by atoms with van der Waals surface area (Å²) in [5, 5.41) is 17.6. The van der Waals surface area contributed by atoms with E-state index in [1.54, 1.807) is 31.7 Å². The quantitative estimate of drug-likeness (QED) is 0.190. The van der Waals surface area contributed by atoms with E-state index in [1.165, 1.54) is 29.5 Å². The van der Waals surface area contributed by atoms with Crippen molar-refractivity contribution in [3.8, 4) is 0 Å². The van der Waals surface area contributed by atoms with E-state index < -0.39 is 5.56 Å². The Kier molecular flexibility index (Phi) is 9.75. The van der Waals surface area contributed by atoms with Crippen molar-refractivity contribution >= 4 is 33.4 Å². The van der Waals surface area contributed by atoms with Gasteiger partial charge in [-0.15, -0.1) is 9.46 Å². The Labute approximate surface area is 279 Å². The third-order valence-electron chi connectivity index (χ3n) is 7.52. The molecule has 246 valence electrons. The number of nitrogens with zero attached hydrogens (tertiary/aromatic N) is 8. The topological polar surface area (TPSA) is 175 Å². The molecule has 7 rings (SSSR count). The van der Waals surface area contributed by atoms with Gasteiger partial charge in [0.15, 0.2) is 11.3 Å². The number of fused-ring (bicyclic) bond motifs is 2. The summed E-state index contributed by atoms with van der Waals surface area (Å²) < 4.78 is 1.76. The summed E-state index contributed by atoms with van der Waals surface area (Å²) in [7, 11) is 0. The van der Waals surface area contributed by atoms with Gasteiger partial charge in [0.2, 0.25) is 0 Å². The number of hydrogen-bond donors (Lipinski definition) is 3. The highest BCUT2D eigenvalue weighted by Gasteiger charge is 2.15. The Balaban J connectivity index is 0.000000177. The fraction of sp³-hybridized carbons (Fsp3) is 0.143. The summed E-state index contributed by atoms with van der Waals surface area (Å²) in [5.74, 6) is 0. The fourth-order valence-electron chi connectivity index (χ4n) is 5.10. The maximum Gasteiger partial charge on any atom is 0.287 e. The molecular formula is C35H32N10O4. The summed E-state index contributed by atoms with van der Waals surface area (Å²) in [4.78, 5) is 55.1. The van der Waals surface area contributed by atoms with Crippen LogP contribution in [0.3, 0.4) is 0 Å². The van der Waals surface area contributed by atoms with Gasteiger partial charge in [0, 0.05) is 50.0 Å². The number of anilines is 2. The van der Waals surface area contributed by atoms with E-state index in [0.29, 0.717) is 45.9 Å². The maximum atomic E-state index is 12.7. The molecule has 0 fully saturated rings. The van der Waals surface area contributed by atoms with Crippen LogP contribution < -0.4 is 26.6 Å². The van der Waals surface area contributed by atoms with Crippen molar-refractivity contribution in [1.82, 2.24) is 39.4 Å². The molecule has 0 amide bonds. The molecule has 0 bridgehead atoms. The van der Waals surface area contributed by atoms with Gasteiger partial charge in [-0.05, 0) is 42.7 Å². The standard InChI is InChI=1S/C21H19N5O2.C14H13N5O2/c1-15-20-18(23-12-17-8-5-9-22-11-17)10-19(27)26(21(20)25-14-24-15)28-13-16-6-3-2-4-7-16;1-9-13-11(16-7-10-3-2-4-15-6-10)5-12(20)19(21)14(13)18-8-17-9/h2-11,14,23H,12-13H2,1H3;2-6,8,16,21H,7H2,1H3. The molecule has 3 N–H and O–H groups in total. The minimum Gasteiger partial charge on any atom is -0.423 e. The van der Waals surface area contributed by atoms with E-state index in [1.807, 2.05) is 61.5 Å². The Morgan fingerprint density at radius 2 is 1.20 bits per heavy atom. The molecular weight excluding hydrogens is 624 g/mol.